The summed E-state index contributed by atoms with van der Waals surface area (Å²) in [6.07, 6.45) is 1.96. The molecule has 1 heterocycles. The van der Waals surface area contributed by atoms with E-state index in [1.54, 1.807) is 0 Å². The number of benzene rings is 1. The number of carbonyl (C=O) groups excluding carboxylic acids is 1. The smallest absolute Gasteiger partial charge is 0.246 e. The van der Waals surface area contributed by atoms with Gasteiger partial charge in [-0.2, -0.15) is 0 Å². The number of likely N-dealkylation sites (tertiary alicyclic amines) is 1. The van der Waals surface area contributed by atoms with Crippen molar-refractivity contribution < 1.29 is 22.7 Å². The maximum absolute atomic E-state index is 13.6. The molecule has 1 fully saturated rings. The standard InChI is InChI=1S/C18H25F3N4O2/c1-3-22-18(25-9-7-12(8-10-25)27-4-2)23-11-15(26)24-14-6-5-13(19)16(20)17(14)21/h5-6,12H,3-4,7-11H2,1-2H3,(H,22,23)(H,24,26). The van der Waals surface area contributed by atoms with E-state index < -0.39 is 29.0 Å². The van der Waals surface area contributed by atoms with Gasteiger partial charge in [0.15, 0.2) is 23.4 Å². The minimum Gasteiger partial charge on any atom is -0.378 e. The summed E-state index contributed by atoms with van der Waals surface area (Å²) in [4.78, 5) is 18.3. The summed E-state index contributed by atoms with van der Waals surface area (Å²) in [5, 5.41) is 5.33. The highest BCUT2D eigenvalue weighted by Gasteiger charge is 2.22. The number of anilines is 1. The van der Waals surface area contributed by atoms with Gasteiger partial charge in [0, 0.05) is 26.2 Å². The van der Waals surface area contributed by atoms with Crippen molar-refractivity contribution in [2.75, 3.05) is 38.1 Å². The molecule has 6 nitrogen and oxygen atoms in total. The Balaban J connectivity index is 1.96. The van der Waals surface area contributed by atoms with Crippen molar-refractivity contribution in [3.63, 3.8) is 0 Å². The first-order valence-electron chi connectivity index (χ1n) is 9.04. The van der Waals surface area contributed by atoms with Crippen molar-refractivity contribution in [2.45, 2.75) is 32.8 Å². The molecule has 2 N–H and O–H groups in total. The molecule has 0 atom stereocenters. The van der Waals surface area contributed by atoms with Crippen LogP contribution in [0.4, 0.5) is 18.9 Å². The fourth-order valence-corrected chi connectivity index (χ4v) is 2.85. The third-order valence-electron chi connectivity index (χ3n) is 4.16. The monoisotopic (exact) mass is 386 g/mol. The minimum atomic E-state index is -1.62. The van der Waals surface area contributed by atoms with Crippen molar-refractivity contribution in [1.82, 2.24) is 10.2 Å². The molecule has 1 aliphatic rings. The molecule has 0 aromatic heterocycles. The lowest BCUT2D eigenvalue weighted by molar-refractivity contribution is -0.114. The Morgan fingerprint density at radius 2 is 1.93 bits per heavy atom. The van der Waals surface area contributed by atoms with E-state index in [4.69, 9.17) is 4.74 Å². The second-order valence-electron chi connectivity index (χ2n) is 6.08. The number of ether oxygens (including phenoxy) is 1. The minimum absolute atomic E-state index is 0.230. The third-order valence-corrected chi connectivity index (χ3v) is 4.16. The van der Waals surface area contributed by atoms with Crippen LogP contribution in [-0.2, 0) is 9.53 Å². The van der Waals surface area contributed by atoms with Crippen molar-refractivity contribution in [2.24, 2.45) is 4.99 Å². The summed E-state index contributed by atoms with van der Waals surface area (Å²) in [5.74, 6) is -4.42. The number of hydrogen-bond donors (Lipinski definition) is 2. The Hall–Kier alpha value is -2.29. The maximum Gasteiger partial charge on any atom is 0.246 e. The van der Waals surface area contributed by atoms with Crippen LogP contribution in [0.5, 0.6) is 0 Å². The molecule has 9 heteroatoms. The molecule has 1 aliphatic heterocycles. The van der Waals surface area contributed by atoms with Gasteiger partial charge in [0.05, 0.1) is 11.8 Å². The highest BCUT2D eigenvalue weighted by molar-refractivity contribution is 5.94. The van der Waals surface area contributed by atoms with Gasteiger partial charge in [0.1, 0.15) is 6.54 Å². The lowest BCUT2D eigenvalue weighted by Crippen LogP contribution is -2.47. The predicted molar refractivity (Wildman–Crippen MR) is 97.1 cm³/mol. The number of nitrogens with zero attached hydrogens (tertiary/aromatic N) is 2. The van der Waals surface area contributed by atoms with E-state index >= 15 is 0 Å². The molecule has 150 valence electrons. The number of halogens is 3. The average molecular weight is 386 g/mol. The number of nitrogens with one attached hydrogen (secondary N) is 2. The number of guanidine groups is 1. The summed E-state index contributed by atoms with van der Waals surface area (Å²) in [5.41, 5.74) is -0.420. The molecular formula is C18H25F3N4O2. The van der Waals surface area contributed by atoms with Crippen LogP contribution < -0.4 is 10.6 Å². The Labute approximate surface area is 156 Å². The Morgan fingerprint density at radius 3 is 2.56 bits per heavy atom. The molecule has 0 saturated carbocycles. The molecule has 27 heavy (non-hydrogen) atoms. The second-order valence-corrected chi connectivity index (χ2v) is 6.08. The van der Waals surface area contributed by atoms with Gasteiger partial charge in [0.25, 0.3) is 0 Å². The van der Waals surface area contributed by atoms with E-state index in [-0.39, 0.29) is 12.6 Å². The summed E-state index contributed by atoms with van der Waals surface area (Å²) in [7, 11) is 0. The molecule has 0 radical (unpaired) electrons. The zero-order valence-electron chi connectivity index (χ0n) is 15.5. The Bertz CT molecular complexity index is 677. The third kappa shape index (κ3) is 5.85. The lowest BCUT2D eigenvalue weighted by atomic mass is 10.1. The lowest BCUT2D eigenvalue weighted by Gasteiger charge is -2.34. The van der Waals surface area contributed by atoms with Gasteiger partial charge in [-0.1, -0.05) is 0 Å². The van der Waals surface area contributed by atoms with Crippen LogP contribution in [0.15, 0.2) is 17.1 Å². The van der Waals surface area contributed by atoms with E-state index in [0.29, 0.717) is 19.1 Å². The van der Waals surface area contributed by atoms with Crippen LogP contribution in [-0.4, -0.2) is 55.7 Å². The number of piperidine rings is 1. The van der Waals surface area contributed by atoms with Crippen LogP contribution >= 0.6 is 0 Å². The first-order valence-corrected chi connectivity index (χ1v) is 9.04. The van der Waals surface area contributed by atoms with Gasteiger partial charge in [-0.25, -0.2) is 18.2 Å². The van der Waals surface area contributed by atoms with E-state index in [0.717, 1.165) is 38.1 Å². The number of aliphatic imine (C=N–C) groups is 1. The van der Waals surface area contributed by atoms with Gasteiger partial charge in [-0.15, -0.1) is 0 Å². The van der Waals surface area contributed by atoms with Gasteiger partial charge in [-0.3, -0.25) is 4.79 Å². The van der Waals surface area contributed by atoms with Crippen molar-refractivity contribution in [3.8, 4) is 0 Å². The molecule has 0 spiro atoms. The molecule has 1 aromatic rings. The van der Waals surface area contributed by atoms with E-state index in [9.17, 15) is 18.0 Å². The van der Waals surface area contributed by atoms with E-state index in [2.05, 4.69) is 15.6 Å². The van der Waals surface area contributed by atoms with E-state index in [1.807, 2.05) is 18.7 Å². The van der Waals surface area contributed by atoms with Crippen LogP contribution in [0.2, 0.25) is 0 Å². The second kappa shape index (κ2) is 10.1. The first-order chi connectivity index (χ1) is 13.0. The average Bonchev–Trinajstić information content (AvgIpc) is 2.66. The summed E-state index contributed by atoms with van der Waals surface area (Å²) < 4.78 is 45.4. The molecule has 2 rings (SSSR count). The summed E-state index contributed by atoms with van der Waals surface area (Å²) >= 11 is 0. The quantitative estimate of drug-likeness (QED) is 0.448. The van der Waals surface area contributed by atoms with Gasteiger partial charge >= 0.3 is 0 Å². The number of rotatable bonds is 6. The molecule has 0 unspecified atom stereocenters. The zero-order valence-corrected chi connectivity index (χ0v) is 15.5. The normalized spacial score (nSPS) is 15.7. The van der Waals surface area contributed by atoms with Crippen molar-refractivity contribution in [3.05, 3.63) is 29.6 Å². The Morgan fingerprint density at radius 1 is 1.22 bits per heavy atom. The molecule has 0 bridgehead atoms. The maximum atomic E-state index is 13.6. The highest BCUT2D eigenvalue weighted by Crippen LogP contribution is 2.19. The van der Waals surface area contributed by atoms with Crippen LogP contribution in [0.1, 0.15) is 26.7 Å². The molecule has 1 aromatic carbocycles. The fourth-order valence-electron chi connectivity index (χ4n) is 2.85. The van der Waals surface area contributed by atoms with Gasteiger partial charge in [-0.05, 0) is 38.8 Å². The summed E-state index contributed by atoms with van der Waals surface area (Å²) in [6, 6.07) is 1.73. The first kappa shape index (κ1) is 21.0. The molecule has 1 amide bonds. The topological polar surface area (TPSA) is 66.0 Å². The van der Waals surface area contributed by atoms with Crippen LogP contribution in [0.25, 0.3) is 0 Å². The van der Waals surface area contributed by atoms with Gasteiger partial charge < -0.3 is 20.3 Å². The number of hydrogen-bond acceptors (Lipinski definition) is 3. The molecule has 0 aliphatic carbocycles. The number of carbonyl (C=O) groups is 1. The van der Waals surface area contributed by atoms with E-state index in [1.165, 1.54) is 0 Å². The largest absolute Gasteiger partial charge is 0.378 e. The van der Waals surface area contributed by atoms with Crippen molar-refractivity contribution >= 4 is 17.6 Å². The van der Waals surface area contributed by atoms with Crippen LogP contribution in [0.3, 0.4) is 0 Å². The molecule has 1 saturated heterocycles. The predicted octanol–water partition coefficient (Wildman–Crippen LogP) is 2.51. The Kier molecular flexibility index (Phi) is 7.90. The van der Waals surface area contributed by atoms with Crippen LogP contribution in [0, 0.1) is 17.5 Å². The SMILES string of the molecule is CCNC(=NCC(=O)Nc1ccc(F)c(F)c1F)N1CCC(OCC)CC1. The fraction of sp³-hybridized carbons (Fsp3) is 0.556. The molecular weight excluding hydrogens is 361 g/mol. The zero-order chi connectivity index (χ0) is 19.8. The number of amides is 1. The summed E-state index contributed by atoms with van der Waals surface area (Å²) in [6.45, 7) is 6.41. The van der Waals surface area contributed by atoms with Gasteiger partial charge in [0.2, 0.25) is 5.91 Å². The van der Waals surface area contributed by atoms with Crippen molar-refractivity contribution in [1.29, 1.82) is 0 Å². The highest BCUT2D eigenvalue weighted by atomic mass is 19.2.